The second-order valence-electron chi connectivity index (χ2n) is 5.15. The van der Waals surface area contributed by atoms with E-state index in [1.165, 1.54) is 0 Å². The summed E-state index contributed by atoms with van der Waals surface area (Å²) in [6.45, 7) is 0.880. The van der Waals surface area contributed by atoms with E-state index in [1.54, 1.807) is 13.2 Å². The molecule has 0 radical (unpaired) electrons. The van der Waals surface area contributed by atoms with E-state index in [2.05, 4.69) is 5.32 Å². The molecule has 6 heteroatoms. The zero-order valence-electron chi connectivity index (χ0n) is 13.4. The molecule has 0 bridgehead atoms. The third kappa shape index (κ3) is 3.71. The highest BCUT2D eigenvalue weighted by atomic mass is 16.6. The van der Waals surface area contributed by atoms with Crippen LogP contribution in [-0.2, 0) is 4.79 Å². The molecule has 0 saturated heterocycles. The number of amides is 1. The summed E-state index contributed by atoms with van der Waals surface area (Å²) >= 11 is 0. The predicted octanol–water partition coefficient (Wildman–Crippen LogP) is 2.03. The molecule has 1 heterocycles. The van der Waals surface area contributed by atoms with Crippen molar-refractivity contribution < 1.29 is 23.7 Å². The zero-order chi connectivity index (χ0) is 16.8. The Labute approximate surface area is 140 Å². The molecule has 1 N–H and O–H groups in total. The SMILES string of the molecule is COc1ccccc1OCCNC(=O)C1COc2ccccc2O1. The van der Waals surface area contributed by atoms with E-state index in [0.717, 1.165) is 0 Å². The van der Waals surface area contributed by atoms with Crippen molar-refractivity contribution in [1.82, 2.24) is 5.32 Å². The Morgan fingerprint density at radius 3 is 2.62 bits per heavy atom. The lowest BCUT2D eigenvalue weighted by Crippen LogP contribution is -2.45. The summed E-state index contributed by atoms with van der Waals surface area (Å²) in [5, 5.41) is 2.78. The number of fused-ring (bicyclic) bond motifs is 1. The second kappa shape index (κ2) is 7.59. The van der Waals surface area contributed by atoms with Crippen LogP contribution in [0.3, 0.4) is 0 Å². The highest BCUT2D eigenvalue weighted by Gasteiger charge is 2.26. The molecule has 1 aliphatic rings. The first-order valence-corrected chi connectivity index (χ1v) is 7.70. The van der Waals surface area contributed by atoms with Gasteiger partial charge in [0.2, 0.25) is 6.10 Å². The fourth-order valence-electron chi connectivity index (χ4n) is 2.34. The fraction of sp³-hybridized carbons (Fsp3) is 0.278. The van der Waals surface area contributed by atoms with Crippen LogP contribution in [-0.4, -0.2) is 38.9 Å². The monoisotopic (exact) mass is 329 g/mol. The van der Waals surface area contributed by atoms with Crippen molar-refractivity contribution in [3.63, 3.8) is 0 Å². The molecule has 1 atom stereocenters. The van der Waals surface area contributed by atoms with Gasteiger partial charge in [0.15, 0.2) is 23.0 Å². The van der Waals surface area contributed by atoms with Crippen LogP contribution in [0.25, 0.3) is 0 Å². The van der Waals surface area contributed by atoms with Crippen molar-refractivity contribution in [2.75, 3.05) is 26.9 Å². The minimum absolute atomic E-state index is 0.191. The maximum atomic E-state index is 12.1. The number of rotatable bonds is 6. The summed E-state index contributed by atoms with van der Waals surface area (Å²) in [7, 11) is 1.59. The van der Waals surface area contributed by atoms with Gasteiger partial charge in [0.1, 0.15) is 13.2 Å². The van der Waals surface area contributed by atoms with Crippen LogP contribution < -0.4 is 24.3 Å². The van der Waals surface area contributed by atoms with Crippen LogP contribution in [0.4, 0.5) is 0 Å². The predicted molar refractivity (Wildman–Crippen MR) is 87.9 cm³/mol. The molecule has 2 aromatic carbocycles. The summed E-state index contributed by atoms with van der Waals surface area (Å²) in [6, 6.07) is 14.6. The number of methoxy groups -OCH3 is 1. The molecule has 0 aromatic heterocycles. The Morgan fingerprint density at radius 1 is 1.12 bits per heavy atom. The van der Waals surface area contributed by atoms with Gasteiger partial charge in [-0.3, -0.25) is 4.79 Å². The molecule has 3 rings (SSSR count). The number of benzene rings is 2. The van der Waals surface area contributed by atoms with E-state index < -0.39 is 6.10 Å². The van der Waals surface area contributed by atoms with E-state index in [4.69, 9.17) is 18.9 Å². The molecule has 126 valence electrons. The van der Waals surface area contributed by atoms with Gasteiger partial charge in [0.25, 0.3) is 5.91 Å². The van der Waals surface area contributed by atoms with Crippen LogP contribution in [0.5, 0.6) is 23.0 Å². The van der Waals surface area contributed by atoms with Crippen LogP contribution in [0.1, 0.15) is 0 Å². The minimum Gasteiger partial charge on any atom is -0.493 e. The summed E-state index contributed by atoms with van der Waals surface area (Å²) in [5.74, 6) is 2.30. The molecule has 1 aliphatic heterocycles. The van der Waals surface area contributed by atoms with Gasteiger partial charge in [-0.25, -0.2) is 0 Å². The third-order valence-electron chi connectivity index (χ3n) is 3.53. The van der Waals surface area contributed by atoms with Gasteiger partial charge in [-0.05, 0) is 24.3 Å². The molecule has 0 spiro atoms. The van der Waals surface area contributed by atoms with E-state index in [-0.39, 0.29) is 12.5 Å². The van der Waals surface area contributed by atoms with Crippen molar-refractivity contribution in [3.05, 3.63) is 48.5 Å². The lowest BCUT2D eigenvalue weighted by Gasteiger charge is -2.25. The Morgan fingerprint density at radius 2 is 1.83 bits per heavy atom. The number of hydrogen-bond acceptors (Lipinski definition) is 5. The normalized spacial score (nSPS) is 15.5. The molecule has 2 aromatic rings. The molecular formula is C18H19NO5. The minimum atomic E-state index is -0.661. The Hall–Kier alpha value is -2.89. The molecular weight excluding hydrogens is 310 g/mol. The average Bonchev–Trinajstić information content (AvgIpc) is 2.65. The van der Waals surface area contributed by atoms with Crippen molar-refractivity contribution in [1.29, 1.82) is 0 Å². The maximum Gasteiger partial charge on any atom is 0.264 e. The lowest BCUT2D eigenvalue weighted by atomic mass is 10.2. The zero-order valence-corrected chi connectivity index (χ0v) is 13.4. The van der Waals surface area contributed by atoms with Gasteiger partial charge in [0, 0.05) is 0 Å². The van der Waals surface area contributed by atoms with Gasteiger partial charge in [-0.15, -0.1) is 0 Å². The van der Waals surface area contributed by atoms with Crippen molar-refractivity contribution in [3.8, 4) is 23.0 Å². The molecule has 0 aliphatic carbocycles. The molecule has 6 nitrogen and oxygen atoms in total. The highest BCUT2D eigenvalue weighted by molar-refractivity contribution is 5.81. The van der Waals surface area contributed by atoms with Crippen LogP contribution >= 0.6 is 0 Å². The molecule has 0 fully saturated rings. The van der Waals surface area contributed by atoms with E-state index in [1.807, 2.05) is 42.5 Å². The van der Waals surface area contributed by atoms with Crippen molar-refractivity contribution in [2.24, 2.45) is 0 Å². The van der Waals surface area contributed by atoms with E-state index >= 15 is 0 Å². The topological polar surface area (TPSA) is 66.0 Å². The summed E-state index contributed by atoms with van der Waals surface area (Å²) in [4.78, 5) is 12.1. The van der Waals surface area contributed by atoms with Crippen LogP contribution in [0.15, 0.2) is 48.5 Å². The van der Waals surface area contributed by atoms with Crippen molar-refractivity contribution in [2.45, 2.75) is 6.10 Å². The Kier molecular flexibility index (Phi) is 5.05. The fourth-order valence-corrected chi connectivity index (χ4v) is 2.34. The number of carbonyl (C=O) groups is 1. The quantitative estimate of drug-likeness (QED) is 0.822. The standard InChI is InChI=1S/C18H19NO5/c1-21-13-6-2-3-7-14(13)22-11-10-19-18(20)17-12-23-15-8-4-5-9-16(15)24-17/h2-9,17H,10-12H2,1H3,(H,19,20). The Balaban J connectivity index is 1.45. The lowest BCUT2D eigenvalue weighted by molar-refractivity contribution is -0.130. The van der Waals surface area contributed by atoms with Gasteiger partial charge in [0.05, 0.1) is 13.7 Å². The summed E-state index contributed by atoms with van der Waals surface area (Å²) in [6.07, 6.45) is -0.661. The first-order valence-electron chi connectivity index (χ1n) is 7.70. The summed E-state index contributed by atoms with van der Waals surface area (Å²) < 4.78 is 22.0. The van der Waals surface area contributed by atoms with E-state index in [9.17, 15) is 4.79 Å². The number of para-hydroxylation sites is 4. The first kappa shape index (κ1) is 16.0. The van der Waals surface area contributed by atoms with E-state index in [0.29, 0.717) is 36.1 Å². The van der Waals surface area contributed by atoms with Gasteiger partial charge < -0.3 is 24.3 Å². The molecule has 1 amide bonds. The van der Waals surface area contributed by atoms with Crippen LogP contribution in [0.2, 0.25) is 0 Å². The number of nitrogens with one attached hydrogen (secondary N) is 1. The third-order valence-corrected chi connectivity index (χ3v) is 3.53. The first-order chi connectivity index (χ1) is 11.8. The number of carbonyl (C=O) groups excluding carboxylic acids is 1. The molecule has 1 unspecified atom stereocenters. The van der Waals surface area contributed by atoms with Crippen molar-refractivity contribution >= 4 is 5.91 Å². The smallest absolute Gasteiger partial charge is 0.264 e. The largest absolute Gasteiger partial charge is 0.493 e. The van der Waals surface area contributed by atoms with Gasteiger partial charge in [-0.1, -0.05) is 24.3 Å². The highest BCUT2D eigenvalue weighted by Crippen LogP contribution is 2.30. The van der Waals surface area contributed by atoms with Gasteiger partial charge in [-0.2, -0.15) is 0 Å². The van der Waals surface area contributed by atoms with Gasteiger partial charge >= 0.3 is 0 Å². The summed E-state index contributed by atoms with van der Waals surface area (Å²) in [5.41, 5.74) is 0. The van der Waals surface area contributed by atoms with Crippen LogP contribution in [0, 0.1) is 0 Å². The average molecular weight is 329 g/mol. The Bertz CT molecular complexity index is 703. The second-order valence-corrected chi connectivity index (χ2v) is 5.15. The molecule has 24 heavy (non-hydrogen) atoms. The number of hydrogen-bond donors (Lipinski definition) is 1. The number of ether oxygens (including phenoxy) is 4. The maximum absolute atomic E-state index is 12.1. The molecule has 0 saturated carbocycles.